The number of hydrogen-bond donors (Lipinski definition) is 1. The third-order valence-electron chi connectivity index (χ3n) is 4.40. The maximum atomic E-state index is 13.1. The molecule has 1 aromatic heterocycles. The molecule has 1 N–H and O–H groups in total. The lowest BCUT2D eigenvalue weighted by atomic mass is 10.0. The second-order valence-corrected chi connectivity index (χ2v) is 6.15. The predicted octanol–water partition coefficient (Wildman–Crippen LogP) is 1.29. The smallest absolute Gasteiger partial charge is 0.278 e. The molecule has 0 atom stereocenters. The van der Waals surface area contributed by atoms with E-state index in [4.69, 9.17) is 4.74 Å². The van der Waals surface area contributed by atoms with Gasteiger partial charge in [0.15, 0.2) is 0 Å². The Bertz CT molecular complexity index is 863. The minimum Gasteiger partial charge on any atom is -0.497 e. The first kappa shape index (κ1) is 18.6. The van der Waals surface area contributed by atoms with Crippen LogP contribution in [0, 0.1) is 0 Å². The van der Waals surface area contributed by atoms with Gasteiger partial charge in [-0.05, 0) is 29.3 Å². The quantitative estimate of drug-likeness (QED) is 0.743. The van der Waals surface area contributed by atoms with Crippen LogP contribution in [0.1, 0.15) is 11.1 Å². The Labute approximate surface area is 157 Å². The molecule has 140 valence electrons. The Hall–Kier alpha value is -3.19. The van der Waals surface area contributed by atoms with E-state index in [9.17, 15) is 14.7 Å². The van der Waals surface area contributed by atoms with Crippen LogP contribution < -0.4 is 4.74 Å². The third-order valence-corrected chi connectivity index (χ3v) is 4.40. The largest absolute Gasteiger partial charge is 0.497 e. The van der Waals surface area contributed by atoms with Crippen molar-refractivity contribution in [2.45, 2.75) is 6.54 Å². The van der Waals surface area contributed by atoms with E-state index < -0.39 is 0 Å². The highest BCUT2D eigenvalue weighted by molar-refractivity contribution is 6.35. The minimum atomic E-state index is -0.384. The Kier molecular flexibility index (Phi) is 5.52. The Morgan fingerprint density at radius 2 is 1.89 bits per heavy atom. The first-order valence-electron chi connectivity index (χ1n) is 8.52. The van der Waals surface area contributed by atoms with E-state index >= 15 is 0 Å². The van der Waals surface area contributed by atoms with Gasteiger partial charge in [0.05, 0.1) is 25.8 Å². The molecule has 1 aliphatic heterocycles. The summed E-state index contributed by atoms with van der Waals surface area (Å²) >= 11 is 0. The third kappa shape index (κ3) is 3.68. The molecule has 0 fully saturated rings. The fourth-order valence-electron chi connectivity index (χ4n) is 3.01. The maximum absolute atomic E-state index is 13.1. The molecule has 3 rings (SSSR count). The van der Waals surface area contributed by atoms with Gasteiger partial charge in [0.25, 0.3) is 11.8 Å². The molecule has 0 radical (unpaired) electrons. The molecule has 7 nitrogen and oxygen atoms in total. The van der Waals surface area contributed by atoms with Crippen LogP contribution in [0.2, 0.25) is 0 Å². The average Bonchev–Trinajstić information content (AvgIpc) is 2.94. The number of aliphatic hydroxyl groups excluding tert-OH is 1. The van der Waals surface area contributed by atoms with Crippen molar-refractivity contribution >= 4 is 17.4 Å². The van der Waals surface area contributed by atoms with Crippen LogP contribution in [0.4, 0.5) is 0 Å². The first-order valence-corrected chi connectivity index (χ1v) is 8.52. The zero-order chi connectivity index (χ0) is 19.4. The van der Waals surface area contributed by atoms with Crippen LogP contribution in [0.5, 0.6) is 5.75 Å². The number of carbonyl (C=O) groups is 2. The number of aromatic nitrogens is 1. The van der Waals surface area contributed by atoms with Gasteiger partial charge in [0.2, 0.25) is 0 Å². The predicted molar refractivity (Wildman–Crippen MR) is 99.4 cm³/mol. The molecule has 1 aromatic carbocycles. The van der Waals surface area contributed by atoms with Gasteiger partial charge in [-0.1, -0.05) is 18.2 Å². The SMILES string of the molecule is COc1ccc(C2=C(N(C)CCO)C(=O)N(Cc3cccnc3)C2=O)cc1. The van der Waals surface area contributed by atoms with Gasteiger partial charge in [0, 0.05) is 26.0 Å². The number of imide groups is 1. The van der Waals surface area contributed by atoms with Crippen molar-refractivity contribution in [3.05, 3.63) is 65.6 Å². The van der Waals surface area contributed by atoms with Crippen molar-refractivity contribution < 1.29 is 19.4 Å². The molecule has 0 spiro atoms. The molecule has 0 saturated heterocycles. The van der Waals surface area contributed by atoms with E-state index in [-0.39, 0.29) is 37.2 Å². The molecule has 2 amide bonds. The molecule has 27 heavy (non-hydrogen) atoms. The van der Waals surface area contributed by atoms with Crippen LogP contribution in [0.15, 0.2) is 54.5 Å². The van der Waals surface area contributed by atoms with Gasteiger partial charge < -0.3 is 14.7 Å². The number of methoxy groups -OCH3 is 1. The van der Waals surface area contributed by atoms with Gasteiger partial charge in [-0.15, -0.1) is 0 Å². The van der Waals surface area contributed by atoms with E-state index in [1.165, 1.54) is 4.90 Å². The highest BCUT2D eigenvalue weighted by atomic mass is 16.5. The van der Waals surface area contributed by atoms with E-state index in [2.05, 4.69) is 4.98 Å². The topological polar surface area (TPSA) is 83.0 Å². The van der Waals surface area contributed by atoms with E-state index in [1.807, 2.05) is 6.07 Å². The summed E-state index contributed by atoms with van der Waals surface area (Å²) in [5.41, 5.74) is 1.99. The van der Waals surface area contributed by atoms with Crippen LogP contribution >= 0.6 is 0 Å². The van der Waals surface area contributed by atoms with Crippen LogP contribution in [0.25, 0.3) is 5.57 Å². The lowest BCUT2D eigenvalue weighted by Crippen LogP contribution is -2.34. The van der Waals surface area contributed by atoms with Crippen molar-refractivity contribution in [3.8, 4) is 5.75 Å². The minimum absolute atomic E-state index is 0.125. The van der Waals surface area contributed by atoms with Gasteiger partial charge in [-0.2, -0.15) is 0 Å². The van der Waals surface area contributed by atoms with Gasteiger partial charge >= 0.3 is 0 Å². The van der Waals surface area contributed by atoms with Crippen molar-refractivity contribution in [1.82, 2.24) is 14.8 Å². The fraction of sp³-hybridized carbons (Fsp3) is 0.250. The Balaban J connectivity index is 2.00. The number of aliphatic hydroxyl groups is 1. The van der Waals surface area contributed by atoms with E-state index in [1.54, 1.807) is 61.8 Å². The molecule has 2 aromatic rings. The van der Waals surface area contributed by atoms with Crippen molar-refractivity contribution in [2.75, 3.05) is 27.3 Å². The molecular formula is C20H21N3O4. The lowest BCUT2D eigenvalue weighted by molar-refractivity contribution is -0.138. The fourth-order valence-corrected chi connectivity index (χ4v) is 3.01. The normalized spacial score (nSPS) is 14.1. The zero-order valence-electron chi connectivity index (χ0n) is 15.3. The Morgan fingerprint density at radius 3 is 2.48 bits per heavy atom. The van der Waals surface area contributed by atoms with Gasteiger partial charge in [0.1, 0.15) is 11.4 Å². The molecule has 1 aliphatic rings. The maximum Gasteiger partial charge on any atom is 0.278 e. The summed E-state index contributed by atoms with van der Waals surface area (Å²) in [4.78, 5) is 33.0. The monoisotopic (exact) mass is 367 g/mol. The van der Waals surface area contributed by atoms with Crippen molar-refractivity contribution in [1.29, 1.82) is 0 Å². The molecule has 0 aliphatic carbocycles. The summed E-state index contributed by atoms with van der Waals surface area (Å²) in [6, 6.07) is 10.6. The number of amides is 2. The number of carbonyl (C=O) groups excluding carboxylic acids is 2. The average molecular weight is 367 g/mol. The summed E-state index contributed by atoms with van der Waals surface area (Å²) in [6.45, 7) is 0.260. The molecule has 0 bridgehead atoms. The number of nitrogens with zero attached hydrogens (tertiary/aromatic N) is 3. The number of likely N-dealkylation sites (N-methyl/N-ethyl adjacent to an activating group) is 1. The highest BCUT2D eigenvalue weighted by Gasteiger charge is 2.40. The lowest BCUT2D eigenvalue weighted by Gasteiger charge is -2.20. The Morgan fingerprint density at radius 1 is 1.15 bits per heavy atom. The van der Waals surface area contributed by atoms with Crippen molar-refractivity contribution in [3.63, 3.8) is 0 Å². The number of hydrogen-bond acceptors (Lipinski definition) is 6. The summed E-state index contributed by atoms with van der Waals surface area (Å²) in [5.74, 6) is -0.0898. The number of pyridine rings is 1. The second kappa shape index (κ2) is 8.01. The molecule has 0 unspecified atom stereocenters. The van der Waals surface area contributed by atoms with Gasteiger partial charge in [-0.3, -0.25) is 19.5 Å². The molecule has 7 heteroatoms. The standard InChI is InChI=1S/C20H21N3O4/c1-22(10-11-24)18-17(15-5-7-16(27-2)8-6-15)19(25)23(20(18)26)13-14-4-3-9-21-12-14/h3-9,12,24H,10-11,13H2,1-2H3. The van der Waals surface area contributed by atoms with Crippen LogP contribution in [-0.4, -0.2) is 59.0 Å². The summed E-state index contributed by atoms with van der Waals surface area (Å²) in [5, 5.41) is 9.28. The van der Waals surface area contributed by atoms with Crippen molar-refractivity contribution in [2.24, 2.45) is 0 Å². The van der Waals surface area contributed by atoms with Crippen LogP contribution in [-0.2, 0) is 16.1 Å². The number of rotatable bonds is 7. The summed E-state index contributed by atoms with van der Waals surface area (Å²) < 4.78 is 5.16. The molecule has 0 saturated carbocycles. The van der Waals surface area contributed by atoms with E-state index in [0.29, 0.717) is 16.9 Å². The number of ether oxygens (including phenoxy) is 1. The van der Waals surface area contributed by atoms with E-state index in [0.717, 1.165) is 5.56 Å². The van der Waals surface area contributed by atoms with Gasteiger partial charge in [-0.25, -0.2) is 0 Å². The summed E-state index contributed by atoms with van der Waals surface area (Å²) in [6.07, 6.45) is 3.27. The summed E-state index contributed by atoms with van der Waals surface area (Å²) in [7, 11) is 3.25. The van der Waals surface area contributed by atoms with Crippen LogP contribution in [0.3, 0.4) is 0 Å². The molecule has 2 heterocycles. The molecular weight excluding hydrogens is 346 g/mol. The second-order valence-electron chi connectivity index (χ2n) is 6.15. The number of benzene rings is 1. The highest BCUT2D eigenvalue weighted by Crippen LogP contribution is 2.32. The zero-order valence-corrected chi connectivity index (χ0v) is 15.3. The first-order chi connectivity index (χ1) is 13.1.